The predicted octanol–water partition coefficient (Wildman–Crippen LogP) is 9.88. The molecule has 9 atom stereocenters. The van der Waals surface area contributed by atoms with Gasteiger partial charge in [-0.3, -0.25) is 9.59 Å². The number of carbonyl (C=O) groups is 3. The number of hydrogen-bond donors (Lipinski definition) is 1. The fourth-order valence-corrected chi connectivity index (χ4v) is 23.8. The van der Waals surface area contributed by atoms with Crippen molar-refractivity contribution < 1.29 is 60.3 Å². The lowest BCUT2D eigenvalue weighted by Crippen LogP contribution is -2.82. The molecule has 0 aromatic heterocycles. The number of fused-ring (bicyclic) bond motifs is 5. The Morgan fingerprint density at radius 3 is 1.64 bits per heavy atom. The highest BCUT2D eigenvalue weighted by molar-refractivity contribution is 6.71. The first-order valence-corrected chi connectivity index (χ1v) is 30.2. The number of hydrogen-bond acceptors (Lipinski definition) is 13. The van der Waals surface area contributed by atoms with Crippen molar-refractivity contribution >= 4 is 43.4 Å². The molecule has 2 bridgehead atoms. The Labute approximate surface area is 399 Å². The molecule has 0 amide bonds. The largest absolute Gasteiger partial charge is 0.455 e. The van der Waals surface area contributed by atoms with Crippen molar-refractivity contribution in [2.75, 3.05) is 27.9 Å². The average Bonchev–Trinajstić information content (AvgIpc) is 3.23. The number of Topliss-reactive ketones (excluding diaryl/α,β-unsaturated/α-hetero) is 1. The molecule has 1 aliphatic heterocycles. The summed E-state index contributed by atoms with van der Waals surface area (Å²) in [6, 6.07) is 8.60. The fourth-order valence-electron chi connectivity index (χ4n) is 13.0. The number of aliphatic hydroxyl groups is 1. The molecule has 1 aromatic rings. The first-order valence-electron chi connectivity index (χ1n) is 24.3. The quantitative estimate of drug-likeness (QED) is 0.0844. The van der Waals surface area contributed by atoms with E-state index in [1.807, 2.05) is 27.7 Å². The third kappa shape index (κ3) is 8.44. The van der Waals surface area contributed by atoms with E-state index in [9.17, 15) is 14.7 Å². The lowest BCUT2D eigenvalue weighted by molar-refractivity contribution is -0.345. The molecule has 3 fully saturated rings. The first-order chi connectivity index (χ1) is 30.5. The van der Waals surface area contributed by atoms with Crippen molar-refractivity contribution in [1.29, 1.82) is 0 Å². The number of esters is 2. The van der Waals surface area contributed by atoms with Crippen LogP contribution in [0.15, 0.2) is 41.5 Å². The van der Waals surface area contributed by atoms with Crippen LogP contribution in [-0.4, -0.2) is 118 Å². The van der Waals surface area contributed by atoms with Gasteiger partial charge in [0.25, 0.3) is 0 Å². The van der Waals surface area contributed by atoms with Crippen molar-refractivity contribution in [2.45, 2.75) is 206 Å². The molecule has 66 heavy (non-hydrogen) atoms. The molecule has 0 spiro atoms. The van der Waals surface area contributed by atoms with E-state index in [2.05, 4.69) is 83.1 Å². The summed E-state index contributed by atoms with van der Waals surface area (Å²) < 4.78 is 62.0. The average molecular weight is 977 g/mol. The van der Waals surface area contributed by atoms with E-state index >= 15 is 4.79 Å². The number of ether oxygens (including phenoxy) is 3. The minimum atomic E-state index is -3.37. The SMILES string of the molecule is CO[Si](O[C@H]1C(=O)[C@@]2(C)C([C@H](OC(=O)c3ccccc3)[C@]3(O)C[C@H](O[Si](OC)(C(C)C)C(C)C)C(C)=C1C3(C)C)[C@]1(OC(C)=O)CO[C@@H]1C[C@@H]2O[Si](OC)(C(C)C)C(C)C)(C(C)C)C(C)C. The van der Waals surface area contributed by atoms with Gasteiger partial charge in [0, 0.05) is 46.5 Å². The topological polar surface area (TPSA) is 155 Å². The van der Waals surface area contributed by atoms with Gasteiger partial charge in [-0.1, -0.05) is 115 Å². The van der Waals surface area contributed by atoms with Crippen LogP contribution in [0.3, 0.4) is 0 Å². The molecular formula is C50H84O13Si3. The highest BCUT2D eigenvalue weighted by atomic mass is 28.4. The molecular weight excluding hydrogens is 893 g/mol. The van der Waals surface area contributed by atoms with Crippen LogP contribution in [0.5, 0.6) is 0 Å². The Kier molecular flexibility index (Phi) is 16.3. The van der Waals surface area contributed by atoms with Gasteiger partial charge in [0.15, 0.2) is 11.4 Å². The minimum absolute atomic E-state index is 0.0164. The number of rotatable bonds is 18. The lowest BCUT2D eigenvalue weighted by Gasteiger charge is -2.69. The van der Waals surface area contributed by atoms with E-state index in [0.717, 1.165) is 5.57 Å². The molecule has 1 N–H and O–H groups in total. The van der Waals surface area contributed by atoms with Crippen LogP contribution in [0.2, 0.25) is 33.2 Å². The van der Waals surface area contributed by atoms with Crippen LogP contribution < -0.4 is 0 Å². The van der Waals surface area contributed by atoms with Gasteiger partial charge in [-0.25, -0.2) is 4.79 Å². The van der Waals surface area contributed by atoms with Crippen LogP contribution >= 0.6 is 0 Å². The van der Waals surface area contributed by atoms with Crippen molar-refractivity contribution in [3.63, 3.8) is 0 Å². The van der Waals surface area contributed by atoms with Crippen LogP contribution in [-0.2, 0) is 50.4 Å². The van der Waals surface area contributed by atoms with Crippen LogP contribution in [0.4, 0.5) is 0 Å². The molecule has 374 valence electrons. The summed E-state index contributed by atoms with van der Waals surface area (Å²) in [6.45, 7) is 33.7. The molecule has 4 aliphatic rings. The Balaban J connectivity index is 2.02. The number of benzene rings is 1. The molecule has 16 heteroatoms. The first kappa shape index (κ1) is 54.8. The molecule has 1 heterocycles. The van der Waals surface area contributed by atoms with Crippen molar-refractivity contribution in [3.8, 4) is 0 Å². The minimum Gasteiger partial charge on any atom is -0.455 e. The molecule has 1 unspecified atom stereocenters. The Morgan fingerprint density at radius 2 is 1.21 bits per heavy atom. The van der Waals surface area contributed by atoms with Crippen LogP contribution in [0.1, 0.15) is 141 Å². The summed E-state index contributed by atoms with van der Waals surface area (Å²) in [4.78, 5) is 45.7. The molecule has 1 saturated heterocycles. The summed E-state index contributed by atoms with van der Waals surface area (Å²) in [5.41, 5.74) is -5.54. The smallest absolute Gasteiger partial charge is 0.344 e. The van der Waals surface area contributed by atoms with Crippen LogP contribution in [0.25, 0.3) is 0 Å². The van der Waals surface area contributed by atoms with E-state index in [1.54, 1.807) is 51.7 Å². The highest BCUT2D eigenvalue weighted by Crippen LogP contribution is 2.66. The summed E-state index contributed by atoms with van der Waals surface area (Å²) in [6.07, 6.45) is -5.32. The highest BCUT2D eigenvalue weighted by Gasteiger charge is 2.79. The Morgan fingerprint density at radius 1 is 0.742 bits per heavy atom. The van der Waals surface area contributed by atoms with E-state index < -0.39 is 96.1 Å². The standard InChI is InChI=1S/C50H84O13Si3/c1-29(2)64(55-18,30(3)4)61-38-27-50(54)45(59-46(53)37-24-22-21-23-25-37)43-48(17,44(52)42(41(35(38)13)47(50,15)16)63-66(57-20,33(9)10)34(11)12)39(62-65(56-19,31(5)6)32(7)8)26-40-49(43,28-58-40)60-36(14)51/h21-25,29-34,38-40,42-43,45,54H,26-28H2,1-20H3/t38-,39-,40+,42+,43?,45-,48+,49-,50+/m0/s1. The molecule has 13 nitrogen and oxygen atoms in total. The maximum Gasteiger partial charge on any atom is 0.344 e. The molecule has 5 rings (SSSR count). The monoisotopic (exact) mass is 977 g/mol. The summed E-state index contributed by atoms with van der Waals surface area (Å²) in [5.74, 6) is -2.92. The predicted molar refractivity (Wildman–Crippen MR) is 261 cm³/mol. The second kappa shape index (κ2) is 19.6. The van der Waals surface area contributed by atoms with E-state index in [4.69, 9.17) is 40.8 Å². The summed E-state index contributed by atoms with van der Waals surface area (Å²) in [7, 11) is -4.72. The van der Waals surface area contributed by atoms with Crippen molar-refractivity contribution in [2.24, 2.45) is 16.7 Å². The van der Waals surface area contributed by atoms with Gasteiger partial charge in [0.2, 0.25) is 0 Å². The summed E-state index contributed by atoms with van der Waals surface area (Å²) in [5, 5.41) is 14.5. The van der Waals surface area contributed by atoms with Gasteiger partial charge in [0.1, 0.15) is 23.9 Å². The van der Waals surface area contributed by atoms with Gasteiger partial charge < -0.3 is 45.9 Å². The number of carbonyl (C=O) groups excluding carboxylic acids is 3. The van der Waals surface area contributed by atoms with Crippen molar-refractivity contribution in [3.05, 3.63) is 47.0 Å². The number of ketones is 1. The molecule has 0 radical (unpaired) electrons. The van der Waals surface area contributed by atoms with Gasteiger partial charge in [0.05, 0.1) is 35.7 Å². The summed E-state index contributed by atoms with van der Waals surface area (Å²) >= 11 is 0. The van der Waals surface area contributed by atoms with Gasteiger partial charge >= 0.3 is 37.6 Å². The zero-order valence-corrected chi connectivity index (χ0v) is 46.8. The maximum absolute atomic E-state index is 17.2. The molecule has 1 aromatic carbocycles. The second-order valence-electron chi connectivity index (χ2n) is 22.2. The third-order valence-electron chi connectivity index (χ3n) is 16.6. The zero-order chi connectivity index (χ0) is 49.9. The van der Waals surface area contributed by atoms with Gasteiger partial charge in [-0.15, -0.1) is 0 Å². The van der Waals surface area contributed by atoms with Gasteiger partial charge in [-0.05, 0) is 70.4 Å². The van der Waals surface area contributed by atoms with E-state index in [0.29, 0.717) is 5.57 Å². The lowest BCUT2D eigenvalue weighted by atomic mass is 9.44. The van der Waals surface area contributed by atoms with Crippen LogP contribution in [0, 0.1) is 16.7 Å². The normalized spacial score (nSPS) is 31.5. The molecule has 2 saturated carbocycles. The van der Waals surface area contributed by atoms with Crippen molar-refractivity contribution in [1.82, 2.24) is 0 Å². The fraction of sp³-hybridized carbons (Fsp3) is 0.780. The maximum atomic E-state index is 17.2. The third-order valence-corrected chi connectivity index (χ3v) is 30.1. The van der Waals surface area contributed by atoms with Gasteiger partial charge in [-0.2, -0.15) is 0 Å². The van der Waals surface area contributed by atoms with E-state index in [1.165, 1.54) is 6.92 Å². The second-order valence-corrected chi connectivity index (χ2v) is 35.4. The Bertz CT molecular complexity index is 1930. The molecule has 3 aliphatic carbocycles. The van der Waals surface area contributed by atoms with E-state index in [-0.39, 0.29) is 64.0 Å². The zero-order valence-electron chi connectivity index (χ0n) is 43.8. The Hall–Kier alpha value is -2.10.